The van der Waals surface area contributed by atoms with Crippen LogP contribution in [0.4, 0.5) is 5.88 Å². The van der Waals surface area contributed by atoms with Crippen LogP contribution in [0.1, 0.15) is 19.6 Å². The first kappa shape index (κ1) is 13.2. The van der Waals surface area contributed by atoms with E-state index in [1.807, 2.05) is 12.1 Å². The van der Waals surface area contributed by atoms with Crippen molar-refractivity contribution in [3.05, 3.63) is 22.8 Å². The molecule has 1 amide bonds. The van der Waals surface area contributed by atoms with Gasteiger partial charge in [0.05, 0.1) is 4.91 Å². The molecule has 1 aliphatic rings. The lowest BCUT2D eigenvalue weighted by atomic mass is 10.4. The Bertz CT molecular complexity index is 504. The lowest BCUT2D eigenvalue weighted by Crippen LogP contribution is -2.20. The molecule has 2 heterocycles. The molecule has 1 aromatic heterocycles. The van der Waals surface area contributed by atoms with E-state index >= 15 is 0 Å². The second-order valence-electron chi connectivity index (χ2n) is 3.70. The van der Waals surface area contributed by atoms with E-state index in [0.29, 0.717) is 15.0 Å². The molecule has 18 heavy (non-hydrogen) atoms. The van der Waals surface area contributed by atoms with Crippen molar-refractivity contribution in [1.29, 1.82) is 0 Å². The monoisotopic (exact) mass is 282 g/mol. The highest BCUT2D eigenvalue weighted by Crippen LogP contribution is 2.27. The molecule has 4 nitrogen and oxygen atoms in total. The Morgan fingerprint density at radius 1 is 1.44 bits per heavy atom. The first-order valence-corrected chi connectivity index (χ1v) is 6.96. The Hall–Kier alpha value is -1.27. The maximum atomic E-state index is 11.5. The van der Waals surface area contributed by atoms with Gasteiger partial charge in [-0.2, -0.15) is 0 Å². The molecular formula is C12H14N2O2S2. The van der Waals surface area contributed by atoms with E-state index in [-0.39, 0.29) is 5.91 Å². The van der Waals surface area contributed by atoms with E-state index in [2.05, 4.69) is 24.1 Å². The predicted octanol–water partition coefficient (Wildman–Crippen LogP) is 2.61. The summed E-state index contributed by atoms with van der Waals surface area (Å²) in [6.07, 6.45) is 1.71. The van der Waals surface area contributed by atoms with Gasteiger partial charge >= 0.3 is 0 Å². The second-order valence-corrected chi connectivity index (χ2v) is 5.42. The molecular weight excluding hydrogens is 268 g/mol. The van der Waals surface area contributed by atoms with Crippen molar-refractivity contribution in [1.82, 2.24) is 5.32 Å². The number of carbonyl (C=O) groups excluding carboxylic acids is 1. The third-order valence-electron chi connectivity index (χ3n) is 2.60. The SMILES string of the molecule is CCN(CC)c1ccc(C=C2SC(=S)NC2=O)o1. The van der Waals surface area contributed by atoms with Crippen LogP contribution in [0.25, 0.3) is 6.08 Å². The van der Waals surface area contributed by atoms with Gasteiger partial charge in [0.15, 0.2) is 5.88 Å². The summed E-state index contributed by atoms with van der Waals surface area (Å²) in [5.41, 5.74) is 0. The van der Waals surface area contributed by atoms with Gasteiger partial charge in [0.2, 0.25) is 0 Å². The number of amides is 1. The summed E-state index contributed by atoms with van der Waals surface area (Å²) in [5, 5.41) is 2.57. The summed E-state index contributed by atoms with van der Waals surface area (Å²) in [7, 11) is 0. The molecule has 0 spiro atoms. The lowest BCUT2D eigenvalue weighted by molar-refractivity contribution is -0.115. The molecule has 1 aliphatic heterocycles. The Labute approximate surface area is 115 Å². The zero-order chi connectivity index (χ0) is 13.1. The van der Waals surface area contributed by atoms with Gasteiger partial charge in [-0.3, -0.25) is 4.79 Å². The average molecular weight is 282 g/mol. The fourth-order valence-electron chi connectivity index (χ4n) is 1.68. The van der Waals surface area contributed by atoms with Crippen LogP contribution in [-0.2, 0) is 4.79 Å². The van der Waals surface area contributed by atoms with Crippen LogP contribution in [0, 0.1) is 0 Å². The fourth-order valence-corrected chi connectivity index (χ4v) is 2.70. The van der Waals surface area contributed by atoms with Gasteiger partial charge < -0.3 is 14.6 Å². The summed E-state index contributed by atoms with van der Waals surface area (Å²) in [6, 6.07) is 3.77. The Kier molecular flexibility index (Phi) is 4.08. The quantitative estimate of drug-likeness (QED) is 0.679. The van der Waals surface area contributed by atoms with E-state index in [1.54, 1.807) is 6.08 Å². The van der Waals surface area contributed by atoms with Gasteiger partial charge in [0.1, 0.15) is 10.1 Å². The second kappa shape index (κ2) is 5.58. The van der Waals surface area contributed by atoms with Gasteiger partial charge in [-0.15, -0.1) is 0 Å². The fraction of sp³-hybridized carbons (Fsp3) is 0.333. The van der Waals surface area contributed by atoms with E-state index in [4.69, 9.17) is 16.6 Å². The smallest absolute Gasteiger partial charge is 0.263 e. The number of anilines is 1. The van der Waals surface area contributed by atoms with Crippen LogP contribution in [-0.4, -0.2) is 23.3 Å². The minimum Gasteiger partial charge on any atom is -0.441 e. The van der Waals surface area contributed by atoms with Crippen molar-refractivity contribution in [2.45, 2.75) is 13.8 Å². The molecule has 0 unspecified atom stereocenters. The maximum absolute atomic E-state index is 11.5. The largest absolute Gasteiger partial charge is 0.441 e. The van der Waals surface area contributed by atoms with E-state index in [1.165, 1.54) is 11.8 Å². The summed E-state index contributed by atoms with van der Waals surface area (Å²) >= 11 is 6.18. The van der Waals surface area contributed by atoms with E-state index in [9.17, 15) is 4.79 Å². The van der Waals surface area contributed by atoms with Crippen LogP contribution < -0.4 is 10.2 Å². The molecule has 6 heteroatoms. The highest BCUT2D eigenvalue weighted by Gasteiger charge is 2.22. The first-order valence-electron chi connectivity index (χ1n) is 5.73. The van der Waals surface area contributed by atoms with Gasteiger partial charge in [0, 0.05) is 25.2 Å². The van der Waals surface area contributed by atoms with Gasteiger partial charge in [-0.05, 0) is 19.9 Å². The van der Waals surface area contributed by atoms with Crippen LogP contribution >= 0.6 is 24.0 Å². The van der Waals surface area contributed by atoms with Crippen molar-refractivity contribution in [2.75, 3.05) is 18.0 Å². The molecule has 0 radical (unpaired) electrons. The molecule has 2 rings (SSSR count). The lowest BCUT2D eigenvalue weighted by Gasteiger charge is -2.16. The molecule has 0 saturated carbocycles. The van der Waals surface area contributed by atoms with Crippen molar-refractivity contribution < 1.29 is 9.21 Å². The zero-order valence-corrected chi connectivity index (χ0v) is 11.9. The molecule has 0 aliphatic carbocycles. The molecule has 1 fully saturated rings. The number of nitrogens with one attached hydrogen (secondary N) is 1. The molecule has 0 aromatic carbocycles. The van der Waals surface area contributed by atoms with Crippen molar-refractivity contribution in [3.8, 4) is 0 Å². The number of nitrogens with zero attached hydrogens (tertiary/aromatic N) is 1. The number of furan rings is 1. The molecule has 0 bridgehead atoms. The normalized spacial score (nSPS) is 17.3. The number of thioether (sulfide) groups is 1. The molecule has 1 aromatic rings. The predicted molar refractivity (Wildman–Crippen MR) is 78.6 cm³/mol. The average Bonchev–Trinajstić information content (AvgIpc) is 2.89. The third-order valence-corrected chi connectivity index (χ3v) is 3.77. The molecule has 96 valence electrons. The van der Waals surface area contributed by atoms with Crippen LogP contribution in [0.15, 0.2) is 21.5 Å². The highest BCUT2D eigenvalue weighted by molar-refractivity contribution is 8.26. The third kappa shape index (κ3) is 2.76. The van der Waals surface area contributed by atoms with Crippen molar-refractivity contribution >= 4 is 46.2 Å². The Morgan fingerprint density at radius 3 is 2.72 bits per heavy atom. The van der Waals surface area contributed by atoms with Gasteiger partial charge in [0.25, 0.3) is 5.91 Å². The number of hydrogen-bond donors (Lipinski definition) is 1. The van der Waals surface area contributed by atoms with E-state index in [0.717, 1.165) is 19.0 Å². The Balaban J connectivity index is 2.18. The zero-order valence-electron chi connectivity index (χ0n) is 10.2. The minimum atomic E-state index is -0.161. The highest BCUT2D eigenvalue weighted by atomic mass is 32.2. The number of thiocarbonyl (C=S) groups is 1. The summed E-state index contributed by atoms with van der Waals surface area (Å²) in [4.78, 5) is 14.2. The molecule has 0 atom stereocenters. The number of hydrogen-bond acceptors (Lipinski definition) is 5. The van der Waals surface area contributed by atoms with Crippen LogP contribution in [0.2, 0.25) is 0 Å². The summed E-state index contributed by atoms with van der Waals surface area (Å²) in [5.74, 6) is 1.32. The number of rotatable bonds is 4. The minimum absolute atomic E-state index is 0.161. The maximum Gasteiger partial charge on any atom is 0.263 e. The molecule has 1 N–H and O–H groups in total. The van der Waals surface area contributed by atoms with Crippen molar-refractivity contribution in [2.24, 2.45) is 0 Å². The van der Waals surface area contributed by atoms with Crippen molar-refractivity contribution in [3.63, 3.8) is 0 Å². The van der Waals surface area contributed by atoms with Crippen LogP contribution in [0.5, 0.6) is 0 Å². The Morgan fingerprint density at radius 2 is 2.17 bits per heavy atom. The summed E-state index contributed by atoms with van der Waals surface area (Å²) in [6.45, 7) is 5.92. The van der Waals surface area contributed by atoms with Gasteiger partial charge in [-0.25, -0.2) is 0 Å². The number of carbonyl (C=O) groups is 1. The van der Waals surface area contributed by atoms with Gasteiger partial charge in [-0.1, -0.05) is 24.0 Å². The van der Waals surface area contributed by atoms with Crippen LogP contribution in [0.3, 0.4) is 0 Å². The first-order chi connectivity index (χ1) is 8.63. The topological polar surface area (TPSA) is 45.5 Å². The standard InChI is InChI=1S/C12H14N2O2S2/c1-3-14(4-2)10-6-5-8(16-10)7-9-11(15)13-12(17)18-9/h5-7H,3-4H2,1-2H3,(H,13,15,17). The summed E-state index contributed by atoms with van der Waals surface area (Å²) < 4.78 is 6.17. The molecule has 1 saturated heterocycles. The van der Waals surface area contributed by atoms with E-state index < -0.39 is 0 Å².